The summed E-state index contributed by atoms with van der Waals surface area (Å²) >= 11 is 3.31. The molecule has 0 bridgehead atoms. The Hall–Kier alpha value is -1.86. The molecule has 0 aliphatic carbocycles. The summed E-state index contributed by atoms with van der Waals surface area (Å²) in [5, 5.41) is 9.24. The maximum atomic E-state index is 13.7. The molecule has 2 aromatic carbocycles. The average molecular weight is 319 g/mol. The van der Waals surface area contributed by atoms with Crippen molar-refractivity contribution in [3.8, 4) is 6.07 Å². The first-order valence-electron chi connectivity index (χ1n) is 5.74. The van der Waals surface area contributed by atoms with Gasteiger partial charge in [-0.1, -0.05) is 22.0 Å². The number of rotatable bonds is 3. The van der Waals surface area contributed by atoms with E-state index in [4.69, 9.17) is 5.26 Å². The molecule has 0 aliphatic rings. The molecule has 2 nitrogen and oxygen atoms in total. The molecule has 0 spiro atoms. The molecule has 0 unspecified atom stereocenters. The summed E-state index contributed by atoms with van der Waals surface area (Å²) in [5.74, 6) is -0.227. The van der Waals surface area contributed by atoms with Gasteiger partial charge in [0.1, 0.15) is 5.82 Å². The highest BCUT2D eigenvalue weighted by Gasteiger charge is 2.12. The van der Waals surface area contributed by atoms with Crippen LogP contribution in [-0.4, -0.2) is 7.05 Å². The minimum Gasteiger partial charge on any atom is -0.344 e. The van der Waals surface area contributed by atoms with Gasteiger partial charge in [-0.25, -0.2) is 4.39 Å². The lowest BCUT2D eigenvalue weighted by Gasteiger charge is -2.22. The van der Waals surface area contributed by atoms with Gasteiger partial charge in [-0.3, -0.25) is 0 Å². The zero-order valence-electron chi connectivity index (χ0n) is 10.4. The van der Waals surface area contributed by atoms with Crippen LogP contribution in [0.5, 0.6) is 0 Å². The van der Waals surface area contributed by atoms with Gasteiger partial charge in [-0.05, 0) is 36.4 Å². The van der Waals surface area contributed by atoms with E-state index in [1.165, 1.54) is 6.07 Å². The molecule has 0 saturated heterocycles. The minimum atomic E-state index is -0.227. The Morgan fingerprint density at radius 2 is 1.89 bits per heavy atom. The first kappa shape index (κ1) is 13.6. The van der Waals surface area contributed by atoms with Crippen molar-refractivity contribution in [2.75, 3.05) is 11.9 Å². The fourth-order valence-electron chi connectivity index (χ4n) is 1.89. The third-order valence-corrected chi connectivity index (χ3v) is 3.53. The standard InChI is InChI=1S/C15H12BrFN2/c1-19(12-7-5-11(10-18)6-8-12)15-4-2-3-14(17)13(15)9-16/h2-8H,9H2,1H3. The molecule has 0 amide bonds. The smallest absolute Gasteiger partial charge is 0.129 e. The summed E-state index contributed by atoms with van der Waals surface area (Å²) in [6, 6.07) is 14.3. The maximum absolute atomic E-state index is 13.7. The molecule has 2 aromatic rings. The van der Waals surface area contributed by atoms with Crippen LogP contribution >= 0.6 is 15.9 Å². The van der Waals surface area contributed by atoms with E-state index in [1.807, 2.05) is 30.1 Å². The third kappa shape index (κ3) is 2.77. The molecular formula is C15H12BrFN2. The molecule has 0 aromatic heterocycles. The van der Waals surface area contributed by atoms with Gasteiger partial charge in [-0.2, -0.15) is 5.26 Å². The van der Waals surface area contributed by atoms with Crippen LogP contribution in [0.2, 0.25) is 0 Å². The molecule has 0 N–H and O–H groups in total. The monoisotopic (exact) mass is 318 g/mol. The Morgan fingerprint density at radius 1 is 1.21 bits per heavy atom. The van der Waals surface area contributed by atoms with Crippen molar-refractivity contribution in [3.05, 3.63) is 59.4 Å². The van der Waals surface area contributed by atoms with Gasteiger partial charge in [0.05, 0.1) is 11.6 Å². The molecule has 96 valence electrons. The number of nitrogens with zero attached hydrogens (tertiary/aromatic N) is 2. The highest BCUT2D eigenvalue weighted by atomic mass is 79.9. The van der Waals surface area contributed by atoms with E-state index in [-0.39, 0.29) is 5.82 Å². The Balaban J connectivity index is 2.41. The van der Waals surface area contributed by atoms with Crippen LogP contribution in [0, 0.1) is 17.1 Å². The SMILES string of the molecule is CN(c1ccc(C#N)cc1)c1cccc(F)c1CBr. The largest absolute Gasteiger partial charge is 0.344 e. The second kappa shape index (κ2) is 5.85. The molecule has 0 radical (unpaired) electrons. The van der Waals surface area contributed by atoms with Crippen LogP contribution < -0.4 is 4.90 Å². The number of nitriles is 1. The fraction of sp³-hybridized carbons (Fsp3) is 0.133. The molecular weight excluding hydrogens is 307 g/mol. The Bertz CT molecular complexity index is 617. The molecule has 0 aliphatic heterocycles. The molecule has 0 atom stereocenters. The van der Waals surface area contributed by atoms with Crippen molar-refractivity contribution in [1.82, 2.24) is 0 Å². The van der Waals surface area contributed by atoms with Crippen LogP contribution in [-0.2, 0) is 5.33 Å². The Labute approximate surface area is 120 Å². The van der Waals surface area contributed by atoms with E-state index < -0.39 is 0 Å². The van der Waals surface area contributed by atoms with E-state index in [0.717, 1.165) is 11.4 Å². The van der Waals surface area contributed by atoms with Crippen LogP contribution in [0.4, 0.5) is 15.8 Å². The highest BCUT2D eigenvalue weighted by Crippen LogP contribution is 2.30. The predicted molar refractivity (Wildman–Crippen MR) is 78.3 cm³/mol. The molecule has 0 saturated carbocycles. The Kier molecular flexibility index (Phi) is 4.18. The number of hydrogen-bond donors (Lipinski definition) is 0. The molecule has 0 fully saturated rings. The predicted octanol–water partition coefficient (Wildman–Crippen LogP) is 4.36. The van der Waals surface area contributed by atoms with Crippen molar-refractivity contribution in [2.24, 2.45) is 0 Å². The zero-order chi connectivity index (χ0) is 13.8. The topological polar surface area (TPSA) is 27.0 Å². The summed E-state index contributed by atoms with van der Waals surface area (Å²) in [6.45, 7) is 0. The van der Waals surface area contributed by atoms with Gasteiger partial charge in [-0.15, -0.1) is 0 Å². The molecule has 19 heavy (non-hydrogen) atoms. The van der Waals surface area contributed by atoms with Gasteiger partial charge >= 0.3 is 0 Å². The van der Waals surface area contributed by atoms with Gasteiger partial charge in [0.25, 0.3) is 0 Å². The average Bonchev–Trinajstić information content (AvgIpc) is 2.46. The van der Waals surface area contributed by atoms with Crippen molar-refractivity contribution < 1.29 is 4.39 Å². The van der Waals surface area contributed by atoms with Gasteiger partial charge < -0.3 is 4.90 Å². The van der Waals surface area contributed by atoms with E-state index in [9.17, 15) is 4.39 Å². The number of hydrogen-bond acceptors (Lipinski definition) is 2. The quantitative estimate of drug-likeness (QED) is 0.786. The Morgan fingerprint density at radius 3 is 2.47 bits per heavy atom. The van der Waals surface area contributed by atoms with Gasteiger partial charge in [0, 0.05) is 29.3 Å². The summed E-state index contributed by atoms with van der Waals surface area (Å²) in [4.78, 5) is 1.90. The van der Waals surface area contributed by atoms with Gasteiger partial charge in [0.2, 0.25) is 0 Å². The van der Waals surface area contributed by atoms with Crippen LogP contribution in [0.25, 0.3) is 0 Å². The lowest BCUT2D eigenvalue weighted by atomic mass is 10.1. The second-order valence-corrected chi connectivity index (χ2v) is 4.65. The van der Waals surface area contributed by atoms with Crippen LogP contribution in [0.1, 0.15) is 11.1 Å². The molecule has 0 heterocycles. The van der Waals surface area contributed by atoms with Crippen molar-refractivity contribution >= 4 is 27.3 Å². The van der Waals surface area contributed by atoms with Crippen molar-refractivity contribution in [1.29, 1.82) is 5.26 Å². The lowest BCUT2D eigenvalue weighted by molar-refractivity contribution is 0.618. The molecule has 4 heteroatoms. The number of anilines is 2. The second-order valence-electron chi connectivity index (χ2n) is 4.09. The summed E-state index contributed by atoms with van der Waals surface area (Å²) in [7, 11) is 1.88. The third-order valence-electron chi connectivity index (χ3n) is 2.97. The van der Waals surface area contributed by atoms with Crippen LogP contribution in [0.3, 0.4) is 0 Å². The van der Waals surface area contributed by atoms with Crippen molar-refractivity contribution in [3.63, 3.8) is 0 Å². The number of alkyl halides is 1. The van der Waals surface area contributed by atoms with Crippen molar-refractivity contribution in [2.45, 2.75) is 5.33 Å². The number of benzene rings is 2. The first-order valence-corrected chi connectivity index (χ1v) is 6.86. The summed E-state index contributed by atoms with van der Waals surface area (Å²) < 4.78 is 13.7. The van der Waals surface area contributed by atoms with E-state index in [2.05, 4.69) is 22.0 Å². The summed E-state index contributed by atoms with van der Waals surface area (Å²) in [5.41, 5.74) is 2.94. The summed E-state index contributed by atoms with van der Waals surface area (Å²) in [6.07, 6.45) is 0. The maximum Gasteiger partial charge on any atom is 0.129 e. The van der Waals surface area contributed by atoms with Gasteiger partial charge in [0.15, 0.2) is 0 Å². The first-order chi connectivity index (χ1) is 9.17. The fourth-order valence-corrected chi connectivity index (χ4v) is 2.45. The van der Waals surface area contributed by atoms with E-state index in [0.29, 0.717) is 16.5 Å². The number of halogens is 2. The minimum absolute atomic E-state index is 0.227. The zero-order valence-corrected chi connectivity index (χ0v) is 12.0. The lowest BCUT2D eigenvalue weighted by Crippen LogP contribution is -2.12. The van der Waals surface area contributed by atoms with Crippen LogP contribution in [0.15, 0.2) is 42.5 Å². The molecule has 2 rings (SSSR count). The highest BCUT2D eigenvalue weighted by molar-refractivity contribution is 9.08. The normalized spacial score (nSPS) is 10.0. The van der Waals surface area contributed by atoms with E-state index >= 15 is 0 Å². The van der Waals surface area contributed by atoms with E-state index in [1.54, 1.807) is 18.2 Å².